The van der Waals surface area contributed by atoms with Crippen LogP contribution < -0.4 is 44.2 Å². The van der Waals surface area contributed by atoms with Crippen molar-refractivity contribution in [3.05, 3.63) is 279 Å². The largest absolute Gasteiger partial charge is 0.390 e. The number of carbonyl (C=O) groups is 1. The Balaban J connectivity index is 0.000000137. The zero-order valence-corrected chi connectivity index (χ0v) is 63.3. The van der Waals surface area contributed by atoms with Crippen molar-refractivity contribution in [3.63, 3.8) is 0 Å². The van der Waals surface area contributed by atoms with Gasteiger partial charge in [-0.05, 0) is 152 Å². The Bertz CT molecular complexity index is 5620. The number of nitrogens with one attached hydrogen (secondary N) is 4. The van der Waals surface area contributed by atoms with E-state index in [1.54, 1.807) is 36.8 Å². The number of amides is 1. The number of para-hydroxylation sites is 2. The van der Waals surface area contributed by atoms with Crippen LogP contribution in [0.5, 0.6) is 0 Å². The van der Waals surface area contributed by atoms with Crippen LogP contribution in [-0.4, -0.2) is 127 Å². The van der Waals surface area contributed by atoms with Gasteiger partial charge in [0.05, 0.1) is 64.5 Å². The molecule has 8 heterocycles. The first-order valence-electron chi connectivity index (χ1n) is 36.5. The number of rotatable bonds is 10. The van der Waals surface area contributed by atoms with E-state index in [9.17, 15) is 9.90 Å². The quantitative estimate of drug-likeness (QED) is 0.0575. The van der Waals surface area contributed by atoms with Crippen molar-refractivity contribution in [1.82, 2.24) is 51.1 Å². The predicted molar refractivity (Wildman–Crippen MR) is 449 cm³/mol. The molecule has 7 aromatic carbocycles. The normalized spacial score (nSPS) is 14.1. The van der Waals surface area contributed by atoms with Gasteiger partial charge in [-0.3, -0.25) is 24.8 Å². The molecule has 3 aliphatic rings. The number of aliphatic hydroxyl groups is 1. The summed E-state index contributed by atoms with van der Waals surface area (Å²) in [4.78, 5) is 49.9. The van der Waals surface area contributed by atoms with Gasteiger partial charge in [0.25, 0.3) is 5.91 Å². The second-order valence-corrected chi connectivity index (χ2v) is 28.9. The average Bonchev–Trinajstić information content (AvgIpc) is 1.47. The van der Waals surface area contributed by atoms with E-state index in [2.05, 4.69) is 179 Å². The predicted octanol–water partition coefficient (Wildman–Crippen LogP) is 12.4. The zero-order valence-electron chi connectivity index (χ0n) is 63.3. The van der Waals surface area contributed by atoms with E-state index in [0.29, 0.717) is 40.9 Å². The van der Waals surface area contributed by atoms with Crippen molar-refractivity contribution < 1.29 is 9.90 Å². The molecule has 3 aliphatic heterocycles. The SMILES string of the molecule is CC1(C)CN=C(c2ccc(C#Cc3cc(N)nc4ccccc34)cc2)N1.CC1(C)CN=C(c2ccc(C#Cc3cnc(N)c4ccccc34)cc2)N1.CC1(C)CN=C(c2ccc(C#Cc3cnc(N)c4ncccc34)cc2)N1.CCN(CC)CC(O)CNC(=O)c1ccc(C)c(C#Cc2cc(N)nc3ccccc23)c1. The van der Waals surface area contributed by atoms with Crippen LogP contribution in [0.4, 0.5) is 23.3 Å². The van der Waals surface area contributed by atoms with Crippen molar-refractivity contribution in [1.29, 1.82) is 0 Å². The molecule has 0 radical (unpaired) electrons. The molecule has 0 saturated heterocycles. The number of anilines is 4. The summed E-state index contributed by atoms with van der Waals surface area (Å²) in [7, 11) is 0. The second-order valence-electron chi connectivity index (χ2n) is 28.9. The number of nitrogens with two attached hydrogens (primary N) is 4. The number of hydrogen-bond acceptors (Lipinski definition) is 18. The molecule has 15 rings (SSSR count). The second kappa shape index (κ2) is 34.0. The maximum Gasteiger partial charge on any atom is 0.251 e. The molecule has 0 spiro atoms. The number of aromatic nitrogens is 5. The Morgan fingerprint density at radius 2 is 0.882 bits per heavy atom. The molecular weight excluding hydrogens is 1360 g/mol. The van der Waals surface area contributed by atoms with E-state index in [4.69, 9.17) is 22.9 Å². The highest BCUT2D eigenvalue weighted by Gasteiger charge is 2.28. The van der Waals surface area contributed by atoms with Crippen LogP contribution in [0.3, 0.4) is 0 Å². The third kappa shape index (κ3) is 19.6. The summed E-state index contributed by atoms with van der Waals surface area (Å²) in [6, 6.07) is 60.8. The van der Waals surface area contributed by atoms with Crippen molar-refractivity contribution in [2.24, 2.45) is 15.0 Å². The van der Waals surface area contributed by atoms with Gasteiger partial charge in [-0.25, -0.2) is 19.9 Å². The lowest BCUT2D eigenvalue weighted by Crippen LogP contribution is -2.40. The lowest BCUT2D eigenvalue weighted by molar-refractivity contribution is 0.0869. The van der Waals surface area contributed by atoms with Crippen LogP contribution in [-0.2, 0) is 0 Å². The number of aryl methyl sites for hydroxylation is 1. The Morgan fingerprint density at radius 1 is 0.473 bits per heavy atom. The zero-order chi connectivity index (χ0) is 77.5. The number of aliphatic imine (C=N–C) groups is 3. The molecule has 550 valence electrons. The summed E-state index contributed by atoms with van der Waals surface area (Å²) in [6.45, 7) is 23.7. The van der Waals surface area contributed by atoms with Crippen molar-refractivity contribution >= 4 is 90.2 Å². The summed E-state index contributed by atoms with van der Waals surface area (Å²) in [6.07, 6.45) is 4.52. The number of pyridine rings is 5. The third-order valence-electron chi connectivity index (χ3n) is 18.4. The molecule has 0 bridgehead atoms. The van der Waals surface area contributed by atoms with E-state index < -0.39 is 6.10 Å². The fourth-order valence-electron chi connectivity index (χ4n) is 12.4. The van der Waals surface area contributed by atoms with Gasteiger partial charge in [0.15, 0.2) is 0 Å². The molecule has 0 saturated carbocycles. The molecule has 1 atom stereocenters. The van der Waals surface area contributed by atoms with Crippen molar-refractivity contribution in [3.8, 4) is 47.4 Å². The Kier molecular flexibility index (Phi) is 23.6. The van der Waals surface area contributed by atoms with Crippen molar-refractivity contribution in [2.75, 3.05) is 68.7 Å². The first-order valence-corrected chi connectivity index (χ1v) is 36.5. The van der Waals surface area contributed by atoms with Gasteiger partial charge in [-0.15, -0.1) is 0 Å². The summed E-state index contributed by atoms with van der Waals surface area (Å²) < 4.78 is 0. The standard InChI is InChI=1S/C26H30N4O2.2C22H20N4.C21H19N5/c1-4-30(5-2)17-22(31)16-28-26(32)21-11-10-18(3)19(14-21)12-13-20-15-25(27)29-24-9-7-6-8-23(20)24;1-22(2)14-25-21(26-22)16-10-7-15(8-11-16)9-12-17-13-24-20(23)19-6-4-3-5-18(17)19;1-22(2)14-24-21(26-22)16-10-7-15(8-11-16)9-12-17-13-20(23)25-19-6-4-3-5-18(17)19;1-21(2)13-25-20(26-21)15-8-5-14(6-9-15)7-10-16-12-24-19(22)18-17(16)4-3-11-23-18/h6-11,14-15,22,31H,4-5,16-17H2,1-3H3,(H2,27,29)(H,28,32);3-8,10-11,13H,14H2,1-2H3,(H2,23,24)(H,25,26);3-8,10-11,13H,14H2,1-2H3,(H2,23,25)(H,24,26);3-6,8-9,11-12H,13H2,1-2H3,(H2,22,24)(H,25,26). The summed E-state index contributed by atoms with van der Waals surface area (Å²) in [5, 5.41) is 28.2. The minimum Gasteiger partial charge on any atom is -0.390 e. The number of nitrogens with zero attached hydrogens (tertiary/aromatic N) is 9. The van der Waals surface area contributed by atoms with E-state index in [-0.39, 0.29) is 29.1 Å². The number of aliphatic hydroxyl groups excluding tert-OH is 1. The number of benzene rings is 7. The topological polar surface area (TPSA) is 294 Å². The van der Waals surface area contributed by atoms with Gasteiger partial charge in [0.2, 0.25) is 0 Å². The lowest BCUT2D eigenvalue weighted by atomic mass is 10.0. The van der Waals surface area contributed by atoms with Gasteiger partial charge in [-0.2, -0.15) is 0 Å². The Labute approximate surface area is 642 Å². The molecule has 110 heavy (non-hydrogen) atoms. The first-order chi connectivity index (χ1) is 52.9. The average molecular weight is 1450 g/mol. The van der Waals surface area contributed by atoms with E-state index in [0.717, 1.165) is 155 Å². The molecular formula is C91H89N17O2. The van der Waals surface area contributed by atoms with E-state index in [1.165, 1.54) is 0 Å². The summed E-state index contributed by atoms with van der Waals surface area (Å²) in [5.74, 6) is 30.1. The number of nitrogen functional groups attached to an aromatic ring is 4. The molecule has 19 nitrogen and oxygen atoms in total. The highest BCUT2D eigenvalue weighted by atomic mass is 16.3. The Morgan fingerprint density at radius 3 is 1.35 bits per heavy atom. The molecule has 19 heteroatoms. The van der Waals surface area contributed by atoms with Crippen LogP contribution in [0.25, 0.3) is 43.5 Å². The van der Waals surface area contributed by atoms with Crippen LogP contribution in [0.1, 0.15) is 133 Å². The molecule has 0 fully saturated rings. The summed E-state index contributed by atoms with van der Waals surface area (Å²) >= 11 is 0. The number of hydrogen-bond donors (Lipinski definition) is 9. The van der Waals surface area contributed by atoms with Gasteiger partial charge in [-0.1, -0.05) is 164 Å². The van der Waals surface area contributed by atoms with Crippen LogP contribution >= 0.6 is 0 Å². The van der Waals surface area contributed by atoms with Gasteiger partial charge >= 0.3 is 0 Å². The number of fused-ring (bicyclic) bond motifs is 4. The molecule has 13 N–H and O–H groups in total. The number of amidine groups is 3. The Hall–Kier alpha value is -13.4. The number of likely N-dealkylation sites (N-methyl/N-ethyl adjacent to an activating group) is 1. The third-order valence-corrected chi connectivity index (χ3v) is 18.4. The highest BCUT2D eigenvalue weighted by molar-refractivity contribution is 6.02. The molecule has 5 aromatic heterocycles. The molecule has 1 amide bonds. The fourth-order valence-corrected chi connectivity index (χ4v) is 12.4. The van der Waals surface area contributed by atoms with Crippen LogP contribution in [0.2, 0.25) is 0 Å². The first kappa shape index (κ1) is 76.2. The molecule has 0 aliphatic carbocycles. The monoisotopic (exact) mass is 1450 g/mol. The van der Waals surface area contributed by atoms with Crippen LogP contribution in [0.15, 0.2) is 222 Å². The van der Waals surface area contributed by atoms with Gasteiger partial charge in [0, 0.05) is 114 Å². The van der Waals surface area contributed by atoms with E-state index in [1.807, 2.05) is 166 Å². The van der Waals surface area contributed by atoms with Crippen molar-refractivity contribution in [2.45, 2.75) is 85.0 Å². The molecule has 12 aromatic rings. The minimum absolute atomic E-state index is 0.0189. The maximum absolute atomic E-state index is 12.6. The van der Waals surface area contributed by atoms with Gasteiger partial charge in [0.1, 0.15) is 46.3 Å². The lowest BCUT2D eigenvalue weighted by Gasteiger charge is -2.22. The maximum atomic E-state index is 12.6. The highest BCUT2D eigenvalue weighted by Crippen LogP contribution is 2.26. The minimum atomic E-state index is -0.617. The number of carbonyl (C=O) groups excluding carboxylic acids is 1. The van der Waals surface area contributed by atoms with E-state index >= 15 is 0 Å². The fraction of sp³-hybridized carbons (Fsp3) is 0.220. The van der Waals surface area contributed by atoms with Crippen LogP contribution in [0, 0.1) is 54.3 Å². The summed E-state index contributed by atoms with van der Waals surface area (Å²) in [5.41, 5.74) is 37.8. The smallest absolute Gasteiger partial charge is 0.251 e. The molecule has 1 unspecified atom stereocenters. The van der Waals surface area contributed by atoms with Gasteiger partial charge < -0.3 is 54.2 Å².